The van der Waals surface area contributed by atoms with Crippen LogP contribution in [-0.2, 0) is 6.42 Å². The van der Waals surface area contributed by atoms with Crippen LogP contribution in [0, 0.1) is 6.92 Å². The van der Waals surface area contributed by atoms with Gasteiger partial charge in [-0.2, -0.15) is 4.98 Å². The number of fused-ring (bicyclic) bond motifs is 1. The topological polar surface area (TPSA) is 117 Å². The lowest BCUT2D eigenvalue weighted by atomic mass is 9.98. The molecule has 0 saturated heterocycles. The second kappa shape index (κ2) is 6.03. The number of halogens is 1. The molecule has 2 heterocycles. The van der Waals surface area contributed by atoms with E-state index in [-0.39, 0.29) is 18.4 Å². The highest BCUT2D eigenvalue weighted by Crippen LogP contribution is 2.28. The van der Waals surface area contributed by atoms with E-state index in [9.17, 15) is 0 Å². The number of nitrogens with zero attached hydrogens (tertiary/aromatic N) is 3. The van der Waals surface area contributed by atoms with E-state index in [1.165, 1.54) is 0 Å². The Morgan fingerprint density at radius 2 is 1.86 bits per heavy atom. The molecule has 22 heavy (non-hydrogen) atoms. The third-order valence-corrected chi connectivity index (χ3v) is 3.52. The minimum Gasteiger partial charge on any atom is -0.397 e. The number of aryl methyl sites for hydroxylation is 1. The van der Waals surface area contributed by atoms with Gasteiger partial charge in [-0.3, -0.25) is 4.98 Å². The molecule has 0 amide bonds. The van der Waals surface area contributed by atoms with Crippen LogP contribution in [0.3, 0.4) is 0 Å². The van der Waals surface area contributed by atoms with Crippen molar-refractivity contribution in [2.75, 3.05) is 17.2 Å². The molecule has 114 valence electrons. The average molecular weight is 317 g/mol. The van der Waals surface area contributed by atoms with Gasteiger partial charge in [-0.15, -0.1) is 12.4 Å². The van der Waals surface area contributed by atoms with Gasteiger partial charge in [0.25, 0.3) is 0 Å². The van der Waals surface area contributed by atoms with Crippen molar-refractivity contribution in [3.8, 4) is 0 Å². The predicted molar refractivity (Wildman–Crippen MR) is 91.8 cm³/mol. The highest BCUT2D eigenvalue weighted by atomic mass is 35.5. The predicted octanol–water partition coefficient (Wildman–Crippen LogP) is 2.09. The highest BCUT2D eigenvalue weighted by Gasteiger charge is 2.11. The first-order chi connectivity index (χ1) is 10.1. The van der Waals surface area contributed by atoms with Crippen molar-refractivity contribution in [1.29, 1.82) is 0 Å². The third kappa shape index (κ3) is 2.73. The second-order valence-electron chi connectivity index (χ2n) is 4.98. The van der Waals surface area contributed by atoms with Gasteiger partial charge in [-0.1, -0.05) is 12.1 Å². The maximum absolute atomic E-state index is 6.10. The molecule has 0 spiro atoms. The first-order valence-electron chi connectivity index (χ1n) is 6.56. The first kappa shape index (κ1) is 15.8. The van der Waals surface area contributed by atoms with Crippen LogP contribution in [0.5, 0.6) is 0 Å². The Balaban J connectivity index is 0.00000176. The van der Waals surface area contributed by atoms with Crippen LogP contribution in [-0.4, -0.2) is 15.0 Å². The Labute approximate surface area is 134 Å². The number of hydrogen-bond acceptors (Lipinski definition) is 6. The van der Waals surface area contributed by atoms with E-state index >= 15 is 0 Å². The maximum Gasteiger partial charge on any atom is 0.221 e. The summed E-state index contributed by atoms with van der Waals surface area (Å²) in [4.78, 5) is 12.4. The van der Waals surface area contributed by atoms with Crippen molar-refractivity contribution in [2.45, 2.75) is 13.3 Å². The number of pyridine rings is 1. The number of aromatic nitrogens is 3. The van der Waals surface area contributed by atoms with Crippen molar-refractivity contribution in [3.63, 3.8) is 0 Å². The number of nitrogen functional groups attached to an aromatic ring is 3. The third-order valence-electron chi connectivity index (χ3n) is 3.52. The van der Waals surface area contributed by atoms with E-state index < -0.39 is 0 Å². The van der Waals surface area contributed by atoms with Crippen LogP contribution >= 0.6 is 12.4 Å². The molecule has 3 rings (SSSR count). The van der Waals surface area contributed by atoms with Crippen LogP contribution in [0.25, 0.3) is 10.9 Å². The molecule has 6 N–H and O–H groups in total. The molecule has 0 aliphatic rings. The lowest BCUT2D eigenvalue weighted by molar-refractivity contribution is 1.10. The molecule has 0 bridgehead atoms. The molecule has 0 aliphatic carbocycles. The van der Waals surface area contributed by atoms with E-state index in [1.54, 1.807) is 12.4 Å². The average Bonchev–Trinajstić information content (AvgIpc) is 2.47. The summed E-state index contributed by atoms with van der Waals surface area (Å²) in [5, 5.41) is 1.01. The van der Waals surface area contributed by atoms with Crippen molar-refractivity contribution in [2.24, 2.45) is 0 Å². The van der Waals surface area contributed by atoms with Gasteiger partial charge in [-0.25, -0.2) is 4.98 Å². The minimum absolute atomic E-state index is 0. The summed E-state index contributed by atoms with van der Waals surface area (Å²) in [5.41, 5.74) is 22.0. The van der Waals surface area contributed by atoms with Gasteiger partial charge in [0.1, 0.15) is 5.82 Å². The Morgan fingerprint density at radius 3 is 2.59 bits per heavy atom. The quantitative estimate of drug-likeness (QED) is 0.623. The molecule has 0 fully saturated rings. The van der Waals surface area contributed by atoms with Crippen molar-refractivity contribution in [1.82, 2.24) is 15.0 Å². The molecule has 0 atom stereocenters. The normalized spacial score (nSPS) is 10.4. The monoisotopic (exact) mass is 316 g/mol. The van der Waals surface area contributed by atoms with Crippen LogP contribution in [0.1, 0.15) is 16.7 Å². The summed E-state index contributed by atoms with van der Waals surface area (Å²) >= 11 is 0. The first-order valence-corrected chi connectivity index (χ1v) is 6.56. The number of anilines is 3. The molecule has 7 heteroatoms. The molecule has 0 aliphatic heterocycles. The minimum atomic E-state index is 0. The summed E-state index contributed by atoms with van der Waals surface area (Å²) in [6.45, 7) is 1.97. The summed E-state index contributed by atoms with van der Waals surface area (Å²) < 4.78 is 0. The van der Waals surface area contributed by atoms with Crippen molar-refractivity contribution >= 4 is 40.8 Å². The number of nitrogens with two attached hydrogens (primary N) is 3. The standard InChI is InChI=1S/C15H16N6.ClH/c1-8-5-9(6-10-7-20-15(18)21-14(10)17)11-3-2-4-19-13(11)12(8)16;/h2-5,7H,6,16H2,1H3,(H4,17,18,20,21);1H. The highest BCUT2D eigenvalue weighted by molar-refractivity contribution is 5.93. The largest absolute Gasteiger partial charge is 0.397 e. The van der Waals surface area contributed by atoms with E-state index in [0.29, 0.717) is 17.9 Å². The second-order valence-corrected chi connectivity index (χ2v) is 4.98. The van der Waals surface area contributed by atoms with Gasteiger partial charge < -0.3 is 17.2 Å². The van der Waals surface area contributed by atoms with E-state index in [2.05, 4.69) is 21.0 Å². The molecule has 0 radical (unpaired) electrons. The summed E-state index contributed by atoms with van der Waals surface area (Å²) in [7, 11) is 0. The lowest BCUT2D eigenvalue weighted by Gasteiger charge is -2.12. The zero-order chi connectivity index (χ0) is 15.0. The molecule has 1 aromatic carbocycles. The van der Waals surface area contributed by atoms with Gasteiger partial charge in [0.2, 0.25) is 5.95 Å². The summed E-state index contributed by atoms with van der Waals surface area (Å²) in [6, 6.07) is 5.94. The number of rotatable bonds is 2. The number of benzene rings is 1. The van der Waals surface area contributed by atoms with Gasteiger partial charge in [0.15, 0.2) is 0 Å². The molecular weight excluding hydrogens is 300 g/mol. The van der Waals surface area contributed by atoms with Crippen LogP contribution in [0.15, 0.2) is 30.6 Å². The fourth-order valence-electron chi connectivity index (χ4n) is 2.40. The molecule has 0 unspecified atom stereocenters. The molecule has 0 saturated carbocycles. The fraction of sp³-hybridized carbons (Fsp3) is 0.133. The zero-order valence-electron chi connectivity index (χ0n) is 12.1. The molecule has 2 aromatic heterocycles. The molecular formula is C15H17ClN6. The number of hydrogen-bond donors (Lipinski definition) is 3. The molecule has 3 aromatic rings. The SMILES string of the molecule is Cc1cc(Cc2cnc(N)nc2N)c2cccnc2c1N.Cl. The summed E-state index contributed by atoms with van der Waals surface area (Å²) in [5.74, 6) is 0.574. The Morgan fingerprint density at radius 1 is 1.09 bits per heavy atom. The Bertz CT molecular complexity index is 834. The Kier molecular flexibility index (Phi) is 4.32. The van der Waals surface area contributed by atoms with E-state index in [4.69, 9.17) is 17.2 Å². The maximum atomic E-state index is 6.10. The Hall–Kier alpha value is -2.60. The van der Waals surface area contributed by atoms with Crippen LogP contribution < -0.4 is 17.2 Å². The van der Waals surface area contributed by atoms with Gasteiger partial charge in [0.05, 0.1) is 11.2 Å². The zero-order valence-corrected chi connectivity index (χ0v) is 12.9. The van der Waals surface area contributed by atoms with Crippen LogP contribution in [0.4, 0.5) is 17.5 Å². The smallest absolute Gasteiger partial charge is 0.221 e. The van der Waals surface area contributed by atoms with Gasteiger partial charge >= 0.3 is 0 Å². The summed E-state index contributed by atoms with van der Waals surface area (Å²) in [6.07, 6.45) is 4.00. The van der Waals surface area contributed by atoms with Crippen molar-refractivity contribution in [3.05, 3.63) is 47.3 Å². The lowest BCUT2D eigenvalue weighted by Crippen LogP contribution is -2.05. The van der Waals surface area contributed by atoms with Gasteiger partial charge in [-0.05, 0) is 24.1 Å². The fourth-order valence-corrected chi connectivity index (χ4v) is 2.40. The van der Waals surface area contributed by atoms with Crippen molar-refractivity contribution < 1.29 is 0 Å². The van der Waals surface area contributed by atoms with E-state index in [0.717, 1.165) is 27.6 Å². The van der Waals surface area contributed by atoms with Gasteiger partial charge in [0, 0.05) is 29.8 Å². The molecule has 6 nitrogen and oxygen atoms in total. The van der Waals surface area contributed by atoms with E-state index in [1.807, 2.05) is 19.1 Å². The van der Waals surface area contributed by atoms with Crippen LogP contribution in [0.2, 0.25) is 0 Å².